The molecule has 26 heavy (non-hydrogen) atoms. The third-order valence-corrected chi connectivity index (χ3v) is 4.43. The molecule has 0 aliphatic heterocycles. The zero-order valence-electron chi connectivity index (χ0n) is 14.2. The fraction of sp³-hybridized carbons (Fsp3) is 0.211. The Kier molecular flexibility index (Phi) is 4.79. The molecule has 1 aromatic carbocycles. The molecule has 2 N–H and O–H groups in total. The Labute approximate surface area is 149 Å². The quantitative estimate of drug-likeness (QED) is 0.490. The number of hydrogen-bond acceptors (Lipinski definition) is 4. The number of anilines is 1. The highest BCUT2D eigenvalue weighted by atomic mass is 19.1. The van der Waals surface area contributed by atoms with Crippen LogP contribution in [-0.2, 0) is 10.2 Å². The zero-order chi connectivity index (χ0) is 18.7. The number of rotatable bonds is 5. The summed E-state index contributed by atoms with van der Waals surface area (Å²) in [5.74, 6) is -1.40. The summed E-state index contributed by atoms with van der Waals surface area (Å²) in [6.45, 7) is 0. The lowest BCUT2D eigenvalue weighted by atomic mass is 9.94. The van der Waals surface area contributed by atoms with Gasteiger partial charge in [0.15, 0.2) is 0 Å². The predicted octanol–water partition coefficient (Wildman–Crippen LogP) is 3.45. The number of carbonyl (C=O) groups excluding carboxylic acids is 1. The zero-order valence-corrected chi connectivity index (χ0v) is 14.2. The van der Waals surface area contributed by atoms with Crippen molar-refractivity contribution in [3.63, 3.8) is 0 Å². The van der Waals surface area contributed by atoms with Gasteiger partial charge in [-0.1, -0.05) is 18.2 Å². The SMILES string of the molecule is CN(C(=N)/C=C\Nc1ccnc(F)c1)C(=O)C1(c2ccccc2F)CC1. The summed E-state index contributed by atoms with van der Waals surface area (Å²) in [5.41, 5.74) is -0.0402. The van der Waals surface area contributed by atoms with Crippen molar-refractivity contribution in [3.05, 3.63) is 72.2 Å². The number of nitrogens with one attached hydrogen (secondary N) is 2. The standard InChI is InChI=1S/C19H18F2N4O/c1-25(17(22)7-11-23-13-6-10-24-16(21)12-13)18(26)19(8-9-19)14-4-2-3-5-15(14)20/h2-7,10-12,22H,8-9H2,1H3,(H,23,24)/b11-7-,22-17?. The van der Waals surface area contributed by atoms with Crippen LogP contribution in [0.25, 0.3) is 0 Å². The topological polar surface area (TPSA) is 69.1 Å². The minimum Gasteiger partial charge on any atom is -0.361 e. The lowest BCUT2D eigenvalue weighted by Crippen LogP contribution is -2.40. The first-order chi connectivity index (χ1) is 12.4. The monoisotopic (exact) mass is 356 g/mol. The Morgan fingerprint density at radius 2 is 2.04 bits per heavy atom. The smallest absolute Gasteiger partial charge is 0.238 e. The van der Waals surface area contributed by atoms with Crippen molar-refractivity contribution in [1.29, 1.82) is 5.41 Å². The minimum atomic E-state index is -0.887. The predicted molar refractivity (Wildman–Crippen MR) is 94.8 cm³/mol. The number of nitrogens with zero attached hydrogens (tertiary/aromatic N) is 2. The van der Waals surface area contributed by atoms with Gasteiger partial charge in [-0.3, -0.25) is 15.1 Å². The number of carbonyl (C=O) groups is 1. The van der Waals surface area contributed by atoms with Gasteiger partial charge in [-0.15, -0.1) is 0 Å². The molecule has 0 unspecified atom stereocenters. The van der Waals surface area contributed by atoms with Gasteiger partial charge in [-0.2, -0.15) is 4.39 Å². The second kappa shape index (κ2) is 7.03. The molecular formula is C19H18F2N4O. The van der Waals surface area contributed by atoms with E-state index >= 15 is 0 Å². The molecule has 1 heterocycles. The van der Waals surface area contributed by atoms with E-state index in [1.165, 1.54) is 42.6 Å². The van der Waals surface area contributed by atoms with Gasteiger partial charge in [-0.25, -0.2) is 9.37 Å². The second-order valence-corrected chi connectivity index (χ2v) is 6.16. The molecule has 0 saturated heterocycles. The summed E-state index contributed by atoms with van der Waals surface area (Å²) < 4.78 is 27.1. The number of hydrogen-bond donors (Lipinski definition) is 2. The van der Waals surface area contributed by atoms with Crippen LogP contribution in [0.3, 0.4) is 0 Å². The van der Waals surface area contributed by atoms with E-state index in [9.17, 15) is 13.6 Å². The first-order valence-electron chi connectivity index (χ1n) is 8.10. The molecule has 5 nitrogen and oxygen atoms in total. The van der Waals surface area contributed by atoms with Crippen LogP contribution < -0.4 is 5.32 Å². The molecule has 0 bridgehead atoms. The molecule has 134 valence electrons. The second-order valence-electron chi connectivity index (χ2n) is 6.16. The average molecular weight is 356 g/mol. The van der Waals surface area contributed by atoms with Crippen LogP contribution in [-0.4, -0.2) is 28.7 Å². The van der Waals surface area contributed by atoms with E-state index in [0.29, 0.717) is 24.1 Å². The molecule has 1 aliphatic rings. The third kappa shape index (κ3) is 3.46. The van der Waals surface area contributed by atoms with Crippen LogP contribution in [0.4, 0.5) is 14.5 Å². The van der Waals surface area contributed by atoms with E-state index < -0.39 is 17.2 Å². The molecule has 0 radical (unpaired) electrons. The van der Waals surface area contributed by atoms with Gasteiger partial charge < -0.3 is 5.32 Å². The van der Waals surface area contributed by atoms with Crippen LogP contribution >= 0.6 is 0 Å². The lowest BCUT2D eigenvalue weighted by Gasteiger charge is -2.23. The van der Waals surface area contributed by atoms with Gasteiger partial charge in [-0.05, 0) is 31.1 Å². The number of amides is 1. The molecule has 1 fully saturated rings. The first kappa shape index (κ1) is 17.7. The van der Waals surface area contributed by atoms with Crippen molar-refractivity contribution in [1.82, 2.24) is 9.88 Å². The summed E-state index contributed by atoms with van der Waals surface area (Å²) >= 11 is 0. The molecule has 1 aliphatic carbocycles. The maximum absolute atomic E-state index is 14.1. The number of halogens is 2. The molecule has 1 amide bonds. The van der Waals surface area contributed by atoms with Crippen LogP contribution in [0, 0.1) is 17.2 Å². The highest BCUT2D eigenvalue weighted by Crippen LogP contribution is 2.50. The van der Waals surface area contributed by atoms with E-state index in [1.54, 1.807) is 24.3 Å². The fourth-order valence-electron chi connectivity index (χ4n) is 2.82. The van der Waals surface area contributed by atoms with Gasteiger partial charge in [0.2, 0.25) is 11.9 Å². The molecule has 1 saturated carbocycles. The van der Waals surface area contributed by atoms with Crippen LogP contribution in [0.1, 0.15) is 18.4 Å². The van der Waals surface area contributed by atoms with Gasteiger partial charge in [0, 0.05) is 36.8 Å². The number of benzene rings is 1. The largest absolute Gasteiger partial charge is 0.361 e. The van der Waals surface area contributed by atoms with E-state index in [1.807, 2.05) is 0 Å². The Bertz CT molecular complexity index is 877. The van der Waals surface area contributed by atoms with Gasteiger partial charge in [0.1, 0.15) is 11.7 Å². The molecule has 2 aromatic rings. The Morgan fingerprint density at radius 3 is 2.69 bits per heavy atom. The van der Waals surface area contributed by atoms with Gasteiger partial charge >= 0.3 is 0 Å². The number of amidine groups is 1. The highest BCUT2D eigenvalue weighted by Gasteiger charge is 2.54. The van der Waals surface area contributed by atoms with Crippen molar-refractivity contribution in [2.75, 3.05) is 12.4 Å². The maximum atomic E-state index is 14.1. The third-order valence-electron chi connectivity index (χ3n) is 4.43. The van der Waals surface area contributed by atoms with Crippen LogP contribution in [0.2, 0.25) is 0 Å². The Morgan fingerprint density at radius 1 is 1.31 bits per heavy atom. The summed E-state index contributed by atoms with van der Waals surface area (Å²) in [4.78, 5) is 17.5. The fourth-order valence-corrected chi connectivity index (χ4v) is 2.82. The van der Waals surface area contributed by atoms with E-state index in [4.69, 9.17) is 5.41 Å². The molecular weight excluding hydrogens is 338 g/mol. The summed E-state index contributed by atoms with van der Waals surface area (Å²) in [5, 5.41) is 10.9. The molecule has 3 rings (SSSR count). The van der Waals surface area contributed by atoms with Crippen LogP contribution in [0.15, 0.2) is 54.9 Å². The van der Waals surface area contributed by atoms with Gasteiger partial charge in [0.05, 0.1) is 5.41 Å². The van der Waals surface area contributed by atoms with Gasteiger partial charge in [0.25, 0.3) is 0 Å². The summed E-state index contributed by atoms with van der Waals surface area (Å²) in [6, 6.07) is 9.03. The minimum absolute atomic E-state index is 0.0559. The molecule has 1 aromatic heterocycles. The molecule has 0 atom stereocenters. The average Bonchev–Trinajstić information content (AvgIpc) is 3.42. The maximum Gasteiger partial charge on any atom is 0.238 e. The van der Waals surface area contributed by atoms with E-state index in [-0.39, 0.29) is 11.7 Å². The molecule has 7 heteroatoms. The highest BCUT2D eigenvalue weighted by molar-refractivity contribution is 6.07. The lowest BCUT2D eigenvalue weighted by molar-refractivity contribution is -0.129. The Hall–Kier alpha value is -3.09. The number of pyridine rings is 1. The first-order valence-corrected chi connectivity index (χ1v) is 8.10. The van der Waals surface area contributed by atoms with Crippen molar-refractivity contribution >= 4 is 17.4 Å². The van der Waals surface area contributed by atoms with Crippen molar-refractivity contribution < 1.29 is 13.6 Å². The normalized spacial score (nSPS) is 14.9. The Balaban J connectivity index is 1.67. The van der Waals surface area contributed by atoms with Crippen LogP contribution in [0.5, 0.6) is 0 Å². The number of likely N-dealkylation sites (N-methyl/N-ethyl adjacent to an activating group) is 1. The summed E-state index contributed by atoms with van der Waals surface area (Å²) in [7, 11) is 1.49. The van der Waals surface area contributed by atoms with Crippen molar-refractivity contribution in [3.8, 4) is 0 Å². The van der Waals surface area contributed by atoms with Crippen molar-refractivity contribution in [2.45, 2.75) is 18.3 Å². The van der Waals surface area contributed by atoms with E-state index in [2.05, 4.69) is 10.3 Å². The van der Waals surface area contributed by atoms with Crippen molar-refractivity contribution in [2.24, 2.45) is 0 Å². The summed E-state index contributed by atoms with van der Waals surface area (Å²) in [6.07, 6.45) is 5.25. The number of aromatic nitrogens is 1. The van der Waals surface area contributed by atoms with E-state index in [0.717, 1.165) is 0 Å². The molecule has 0 spiro atoms.